The molecule has 2 aromatic rings. The van der Waals surface area contributed by atoms with Crippen LogP contribution in [0.2, 0.25) is 0 Å². The number of hydrogen-bond donors (Lipinski definition) is 1. The van der Waals surface area contributed by atoms with Crippen molar-refractivity contribution in [3.8, 4) is 11.1 Å². The van der Waals surface area contributed by atoms with Gasteiger partial charge in [0.2, 0.25) is 5.91 Å². The molecule has 1 heterocycles. The normalized spacial score (nSPS) is 10.2. The first-order valence-electron chi connectivity index (χ1n) is 7.31. The van der Waals surface area contributed by atoms with Crippen LogP contribution in [0.25, 0.3) is 11.1 Å². The lowest BCUT2D eigenvalue weighted by molar-refractivity contribution is -0.384. The van der Waals surface area contributed by atoms with E-state index in [1.54, 1.807) is 31.4 Å². The predicted octanol–water partition coefficient (Wildman–Crippen LogP) is 3.85. The molecule has 1 N–H and O–H groups in total. The molecule has 0 saturated heterocycles. The van der Waals surface area contributed by atoms with Gasteiger partial charge >= 0.3 is 5.97 Å². The fraction of sp³-hybridized carbons (Fsp3) is 0.250. The molecule has 0 spiro atoms. The first kappa shape index (κ1) is 17.6. The molecule has 0 radical (unpaired) electrons. The van der Waals surface area contributed by atoms with E-state index in [9.17, 15) is 19.7 Å². The van der Waals surface area contributed by atoms with Crippen LogP contribution in [0.3, 0.4) is 0 Å². The number of carbonyl (C=O) groups excluding carboxylic acids is 2. The fourth-order valence-electron chi connectivity index (χ4n) is 2.07. The van der Waals surface area contributed by atoms with Crippen LogP contribution in [0.1, 0.15) is 30.6 Å². The van der Waals surface area contributed by atoms with E-state index in [0.29, 0.717) is 16.1 Å². The molecule has 0 atom stereocenters. The number of non-ortho nitro benzene ring substituents is 1. The summed E-state index contributed by atoms with van der Waals surface area (Å²) in [4.78, 5) is 34.4. The number of amides is 1. The predicted molar refractivity (Wildman–Crippen MR) is 91.3 cm³/mol. The van der Waals surface area contributed by atoms with Crippen LogP contribution in [0.5, 0.6) is 0 Å². The van der Waals surface area contributed by atoms with Gasteiger partial charge in [-0.1, -0.05) is 19.1 Å². The highest BCUT2D eigenvalue weighted by atomic mass is 32.1. The van der Waals surface area contributed by atoms with Crippen LogP contribution in [-0.4, -0.2) is 23.4 Å². The average Bonchev–Trinajstić information content (AvgIpc) is 2.98. The van der Waals surface area contributed by atoms with Gasteiger partial charge in [0.05, 0.1) is 11.5 Å². The number of nitro benzene ring substituents is 1. The number of esters is 1. The van der Waals surface area contributed by atoms with Crippen LogP contribution in [-0.2, 0) is 9.53 Å². The number of hydrogen-bond acceptors (Lipinski definition) is 6. The van der Waals surface area contributed by atoms with Gasteiger partial charge in [0, 0.05) is 29.5 Å². The summed E-state index contributed by atoms with van der Waals surface area (Å²) in [5.74, 6) is -0.806. The Hall–Kier alpha value is -2.74. The second kappa shape index (κ2) is 7.69. The highest BCUT2D eigenvalue weighted by Crippen LogP contribution is 2.37. The van der Waals surface area contributed by atoms with Crippen molar-refractivity contribution in [2.45, 2.75) is 20.3 Å². The second-order valence-electron chi connectivity index (χ2n) is 4.78. The summed E-state index contributed by atoms with van der Waals surface area (Å²) in [5, 5.41) is 15.7. The van der Waals surface area contributed by atoms with Crippen LogP contribution >= 0.6 is 11.3 Å². The molecule has 0 fully saturated rings. The average molecular weight is 348 g/mol. The summed E-state index contributed by atoms with van der Waals surface area (Å²) in [6, 6.07) is 5.98. The molecule has 8 heteroatoms. The van der Waals surface area contributed by atoms with E-state index in [2.05, 4.69) is 5.32 Å². The monoisotopic (exact) mass is 348 g/mol. The molecule has 2 rings (SSSR count). The Morgan fingerprint density at radius 1 is 1.33 bits per heavy atom. The van der Waals surface area contributed by atoms with Crippen molar-refractivity contribution in [1.82, 2.24) is 0 Å². The molecule has 0 aliphatic rings. The standard InChI is InChI=1S/C16H16N2O5S/c1-3-13(19)17-15-14(16(20)23-4-2)12(9-24-15)10-6-5-7-11(8-10)18(21)22/h5-9H,3-4H2,1-2H3,(H,17,19). The maximum atomic E-state index is 12.3. The van der Waals surface area contributed by atoms with Gasteiger partial charge in [-0.25, -0.2) is 4.79 Å². The van der Waals surface area contributed by atoms with Gasteiger partial charge in [-0.15, -0.1) is 11.3 Å². The molecular formula is C16H16N2O5S. The fourth-order valence-corrected chi connectivity index (χ4v) is 3.04. The molecule has 7 nitrogen and oxygen atoms in total. The van der Waals surface area contributed by atoms with Gasteiger partial charge in [-0.3, -0.25) is 14.9 Å². The van der Waals surface area contributed by atoms with E-state index >= 15 is 0 Å². The van der Waals surface area contributed by atoms with Crippen molar-refractivity contribution in [2.75, 3.05) is 11.9 Å². The molecule has 0 bridgehead atoms. The van der Waals surface area contributed by atoms with Crippen LogP contribution in [0.4, 0.5) is 10.7 Å². The first-order chi connectivity index (χ1) is 11.5. The number of benzene rings is 1. The van der Waals surface area contributed by atoms with Gasteiger partial charge in [-0.2, -0.15) is 0 Å². The van der Waals surface area contributed by atoms with Gasteiger partial charge < -0.3 is 10.1 Å². The zero-order valence-corrected chi connectivity index (χ0v) is 14.0. The van der Waals surface area contributed by atoms with E-state index in [4.69, 9.17) is 4.74 Å². The van der Waals surface area contributed by atoms with E-state index in [1.165, 1.54) is 23.5 Å². The topological polar surface area (TPSA) is 98.5 Å². The van der Waals surface area contributed by atoms with Gasteiger partial charge in [0.25, 0.3) is 5.69 Å². The van der Waals surface area contributed by atoms with Gasteiger partial charge in [0.1, 0.15) is 10.6 Å². The van der Waals surface area contributed by atoms with E-state index < -0.39 is 10.9 Å². The molecule has 24 heavy (non-hydrogen) atoms. The van der Waals surface area contributed by atoms with E-state index in [1.807, 2.05) is 0 Å². The van der Waals surface area contributed by atoms with Gasteiger partial charge in [0.15, 0.2) is 0 Å². The van der Waals surface area contributed by atoms with Crippen molar-refractivity contribution >= 4 is 33.9 Å². The Morgan fingerprint density at radius 2 is 2.08 bits per heavy atom. The second-order valence-corrected chi connectivity index (χ2v) is 5.66. The van der Waals surface area contributed by atoms with Crippen molar-refractivity contribution in [1.29, 1.82) is 0 Å². The molecule has 1 aromatic carbocycles. The molecule has 126 valence electrons. The van der Waals surface area contributed by atoms with Crippen molar-refractivity contribution in [3.63, 3.8) is 0 Å². The zero-order valence-electron chi connectivity index (χ0n) is 13.2. The Bertz CT molecular complexity index is 785. The highest BCUT2D eigenvalue weighted by Gasteiger charge is 2.23. The number of ether oxygens (including phenoxy) is 1. The summed E-state index contributed by atoms with van der Waals surface area (Å²) in [6.45, 7) is 3.57. The number of anilines is 1. The van der Waals surface area contributed by atoms with E-state index in [-0.39, 0.29) is 30.2 Å². The maximum Gasteiger partial charge on any atom is 0.341 e. The lowest BCUT2D eigenvalue weighted by Gasteiger charge is -2.08. The molecule has 1 aromatic heterocycles. The zero-order chi connectivity index (χ0) is 17.7. The van der Waals surface area contributed by atoms with Crippen LogP contribution in [0, 0.1) is 10.1 Å². The third-order valence-corrected chi connectivity index (χ3v) is 4.11. The number of thiophene rings is 1. The third kappa shape index (κ3) is 3.77. The smallest absolute Gasteiger partial charge is 0.341 e. The van der Waals surface area contributed by atoms with Crippen molar-refractivity contribution in [2.24, 2.45) is 0 Å². The SMILES string of the molecule is CCOC(=O)c1c(-c2cccc([N+](=O)[O-])c2)csc1NC(=O)CC. The largest absolute Gasteiger partial charge is 0.462 e. The third-order valence-electron chi connectivity index (χ3n) is 3.21. The Labute approximate surface area is 142 Å². The maximum absolute atomic E-state index is 12.3. The number of rotatable bonds is 6. The minimum atomic E-state index is -0.577. The lowest BCUT2D eigenvalue weighted by atomic mass is 10.0. The number of nitrogens with one attached hydrogen (secondary N) is 1. The first-order valence-corrected chi connectivity index (χ1v) is 8.19. The molecular weight excluding hydrogens is 332 g/mol. The van der Waals surface area contributed by atoms with Crippen LogP contribution in [0.15, 0.2) is 29.6 Å². The summed E-state index contributed by atoms with van der Waals surface area (Å²) >= 11 is 1.18. The quantitative estimate of drug-likeness (QED) is 0.486. The van der Waals surface area contributed by atoms with Crippen molar-refractivity contribution in [3.05, 3.63) is 45.3 Å². The van der Waals surface area contributed by atoms with E-state index in [0.717, 1.165) is 0 Å². The minimum absolute atomic E-state index is 0.0762. The van der Waals surface area contributed by atoms with Crippen LogP contribution < -0.4 is 5.32 Å². The summed E-state index contributed by atoms with van der Waals surface area (Å²) in [7, 11) is 0. The molecule has 0 unspecified atom stereocenters. The minimum Gasteiger partial charge on any atom is -0.462 e. The Kier molecular flexibility index (Phi) is 5.64. The summed E-state index contributed by atoms with van der Waals surface area (Å²) < 4.78 is 5.06. The number of carbonyl (C=O) groups is 2. The number of nitro groups is 1. The number of nitrogens with zero attached hydrogens (tertiary/aromatic N) is 1. The lowest BCUT2D eigenvalue weighted by Crippen LogP contribution is -2.13. The Morgan fingerprint density at radius 3 is 2.71 bits per heavy atom. The molecule has 0 saturated carbocycles. The molecule has 1 amide bonds. The molecule has 0 aliphatic carbocycles. The van der Waals surface area contributed by atoms with Gasteiger partial charge in [-0.05, 0) is 12.5 Å². The Balaban J connectivity index is 2.53. The highest BCUT2D eigenvalue weighted by molar-refractivity contribution is 7.15. The molecule has 0 aliphatic heterocycles. The summed E-state index contributed by atoms with van der Waals surface area (Å²) in [6.07, 6.45) is 0.270. The van der Waals surface area contributed by atoms with Crippen molar-refractivity contribution < 1.29 is 19.2 Å². The summed E-state index contributed by atoms with van der Waals surface area (Å²) in [5.41, 5.74) is 1.14.